The van der Waals surface area contributed by atoms with E-state index in [2.05, 4.69) is 32.3 Å². The first-order valence-electron chi connectivity index (χ1n) is 13.1. The van der Waals surface area contributed by atoms with Crippen LogP contribution in [-0.2, 0) is 28.8 Å². The normalized spacial score (nSPS) is 14.8. The van der Waals surface area contributed by atoms with Crippen molar-refractivity contribution < 1.29 is 14.6 Å². The molecule has 0 amide bonds. The molecule has 0 radical (unpaired) electrons. The molecule has 0 unspecified atom stereocenters. The summed E-state index contributed by atoms with van der Waals surface area (Å²) in [6.45, 7) is 4.35. The third-order valence-corrected chi connectivity index (χ3v) is 6.78. The highest BCUT2D eigenvalue weighted by Gasteiger charge is 2.20. The summed E-state index contributed by atoms with van der Waals surface area (Å²) >= 11 is 0. The molecule has 9 nitrogen and oxygen atoms in total. The van der Waals surface area contributed by atoms with E-state index in [4.69, 9.17) is 9.72 Å². The number of aromatic nitrogens is 3. The maximum absolute atomic E-state index is 12.0. The van der Waals surface area contributed by atoms with E-state index < -0.39 is 12.0 Å². The molecule has 0 fully saturated rings. The van der Waals surface area contributed by atoms with Crippen LogP contribution in [0.2, 0.25) is 0 Å². The molecule has 2 atom stereocenters. The Morgan fingerprint density at radius 1 is 1.17 bits per heavy atom. The smallest absolute Gasteiger partial charge is 0.326 e. The number of carbonyl (C=O) groups is 1. The summed E-state index contributed by atoms with van der Waals surface area (Å²) in [4.78, 5) is 29.4. The van der Waals surface area contributed by atoms with Crippen LogP contribution in [0.15, 0.2) is 24.5 Å². The maximum Gasteiger partial charge on any atom is 0.326 e. The number of rotatable bonds is 15. The van der Waals surface area contributed by atoms with E-state index in [0.717, 1.165) is 51.0 Å². The second kappa shape index (κ2) is 14.1. The zero-order chi connectivity index (χ0) is 25.9. The SMILES string of the molecule is CO[C@H](C)CN(CCCCc1ccc2c(n1)CCCC2)CC[C@H](Nc1cc(N(C)C)ncn1)C(=O)O. The Hall–Kier alpha value is -2.78. The van der Waals surface area contributed by atoms with Crippen molar-refractivity contribution >= 4 is 17.6 Å². The van der Waals surface area contributed by atoms with Gasteiger partial charge in [0.25, 0.3) is 0 Å². The third-order valence-electron chi connectivity index (χ3n) is 6.78. The summed E-state index contributed by atoms with van der Waals surface area (Å²) in [5.41, 5.74) is 3.90. The minimum absolute atomic E-state index is 0.0769. The predicted octanol–water partition coefficient (Wildman–Crippen LogP) is 3.43. The highest BCUT2D eigenvalue weighted by molar-refractivity contribution is 5.77. The lowest BCUT2D eigenvalue weighted by atomic mass is 9.95. The van der Waals surface area contributed by atoms with Gasteiger partial charge in [-0.15, -0.1) is 0 Å². The van der Waals surface area contributed by atoms with Crippen molar-refractivity contribution in [1.82, 2.24) is 19.9 Å². The lowest BCUT2D eigenvalue weighted by Gasteiger charge is -2.27. The Kier molecular flexibility index (Phi) is 10.9. The molecule has 0 saturated carbocycles. The second-order valence-electron chi connectivity index (χ2n) is 9.90. The lowest BCUT2D eigenvalue weighted by Crippen LogP contribution is -2.38. The number of aryl methyl sites for hydroxylation is 3. The van der Waals surface area contributed by atoms with Gasteiger partial charge in [-0.05, 0) is 76.5 Å². The summed E-state index contributed by atoms with van der Waals surface area (Å²) < 4.78 is 5.49. The first-order chi connectivity index (χ1) is 17.4. The number of ether oxygens (including phenoxy) is 1. The van der Waals surface area contributed by atoms with Gasteiger partial charge in [-0.25, -0.2) is 14.8 Å². The molecule has 198 valence electrons. The van der Waals surface area contributed by atoms with Gasteiger partial charge in [-0.1, -0.05) is 6.07 Å². The van der Waals surface area contributed by atoms with Crippen molar-refractivity contribution in [3.63, 3.8) is 0 Å². The minimum atomic E-state index is -0.891. The van der Waals surface area contributed by atoms with Gasteiger partial charge < -0.3 is 25.0 Å². The Morgan fingerprint density at radius 3 is 2.72 bits per heavy atom. The predicted molar refractivity (Wildman–Crippen MR) is 143 cm³/mol. The quantitative estimate of drug-likeness (QED) is 0.357. The van der Waals surface area contributed by atoms with E-state index in [1.165, 1.54) is 36.1 Å². The molecule has 0 aliphatic heterocycles. The fraction of sp³-hybridized carbons (Fsp3) is 0.630. The number of nitrogens with one attached hydrogen (secondary N) is 1. The van der Waals surface area contributed by atoms with Crippen LogP contribution >= 0.6 is 0 Å². The van der Waals surface area contributed by atoms with E-state index in [-0.39, 0.29) is 6.10 Å². The maximum atomic E-state index is 12.0. The Balaban J connectivity index is 1.52. The van der Waals surface area contributed by atoms with Crippen molar-refractivity contribution in [3.8, 4) is 0 Å². The van der Waals surface area contributed by atoms with Crippen LogP contribution in [0.3, 0.4) is 0 Å². The molecule has 3 rings (SSSR count). The molecule has 2 aromatic rings. The average molecular weight is 499 g/mol. The number of hydrogen-bond donors (Lipinski definition) is 2. The molecule has 2 aromatic heterocycles. The van der Waals surface area contributed by atoms with Gasteiger partial charge >= 0.3 is 5.97 Å². The highest BCUT2D eigenvalue weighted by Crippen LogP contribution is 2.20. The standard InChI is InChI=1S/C27H42N6O3/c1-20(36-4)18-33(15-8-7-10-22-13-12-21-9-5-6-11-23(21)30-22)16-14-24(27(34)35)31-25-17-26(32(2)3)29-19-28-25/h12-13,17,19-20,24H,5-11,14-16,18H2,1-4H3,(H,34,35)(H,28,29,31)/t20-,24+/m1/s1. The van der Waals surface area contributed by atoms with Gasteiger partial charge in [0.05, 0.1) is 6.10 Å². The van der Waals surface area contributed by atoms with Crippen LogP contribution in [0.4, 0.5) is 11.6 Å². The highest BCUT2D eigenvalue weighted by atomic mass is 16.5. The van der Waals surface area contributed by atoms with Crippen molar-refractivity contribution in [2.45, 2.75) is 70.4 Å². The number of carboxylic acids is 1. The summed E-state index contributed by atoms with van der Waals surface area (Å²) in [5, 5.41) is 12.9. The van der Waals surface area contributed by atoms with Crippen molar-refractivity contribution in [1.29, 1.82) is 0 Å². The topological polar surface area (TPSA) is 104 Å². The van der Waals surface area contributed by atoms with Gasteiger partial charge in [0.2, 0.25) is 0 Å². The monoisotopic (exact) mass is 498 g/mol. The van der Waals surface area contributed by atoms with E-state index in [9.17, 15) is 9.90 Å². The van der Waals surface area contributed by atoms with E-state index in [0.29, 0.717) is 18.8 Å². The molecule has 36 heavy (non-hydrogen) atoms. The van der Waals surface area contributed by atoms with Crippen LogP contribution in [0.5, 0.6) is 0 Å². The van der Waals surface area contributed by atoms with E-state index >= 15 is 0 Å². The first-order valence-corrected chi connectivity index (χ1v) is 13.1. The lowest BCUT2D eigenvalue weighted by molar-refractivity contribution is -0.138. The fourth-order valence-corrected chi connectivity index (χ4v) is 4.56. The molecular weight excluding hydrogens is 456 g/mol. The summed E-state index contributed by atoms with van der Waals surface area (Å²) in [6, 6.07) is 5.47. The molecule has 2 heterocycles. The van der Waals surface area contributed by atoms with Crippen LogP contribution in [-0.4, -0.2) is 83.9 Å². The molecule has 1 aliphatic carbocycles. The van der Waals surface area contributed by atoms with Gasteiger partial charge in [0.1, 0.15) is 24.0 Å². The van der Waals surface area contributed by atoms with Gasteiger partial charge in [-0.2, -0.15) is 0 Å². The van der Waals surface area contributed by atoms with E-state index in [1.54, 1.807) is 13.2 Å². The molecule has 0 saturated heterocycles. The zero-order valence-corrected chi connectivity index (χ0v) is 22.2. The Morgan fingerprint density at radius 2 is 1.97 bits per heavy atom. The van der Waals surface area contributed by atoms with Crippen LogP contribution in [0.1, 0.15) is 56.0 Å². The van der Waals surface area contributed by atoms with Gasteiger partial charge in [-0.3, -0.25) is 4.98 Å². The first kappa shape index (κ1) is 27.8. The average Bonchev–Trinajstić information content (AvgIpc) is 2.88. The molecule has 9 heteroatoms. The van der Waals surface area contributed by atoms with Crippen molar-refractivity contribution in [2.75, 3.05) is 51.1 Å². The zero-order valence-electron chi connectivity index (χ0n) is 22.2. The number of methoxy groups -OCH3 is 1. The second-order valence-corrected chi connectivity index (χ2v) is 9.90. The molecule has 2 N–H and O–H groups in total. The third kappa shape index (κ3) is 8.71. The molecule has 0 aromatic carbocycles. The Labute approximate surface area is 215 Å². The fourth-order valence-electron chi connectivity index (χ4n) is 4.56. The summed E-state index contributed by atoms with van der Waals surface area (Å²) in [5.74, 6) is 0.342. The molecule has 0 spiro atoms. The van der Waals surface area contributed by atoms with Crippen molar-refractivity contribution in [2.24, 2.45) is 0 Å². The number of anilines is 2. The van der Waals surface area contributed by atoms with Gasteiger partial charge in [0.15, 0.2) is 0 Å². The van der Waals surface area contributed by atoms with Gasteiger partial charge in [0, 0.05) is 51.7 Å². The number of carboxylic acid groups (broad SMARTS) is 1. The number of unbranched alkanes of at least 4 members (excludes halogenated alkanes) is 1. The van der Waals surface area contributed by atoms with Crippen LogP contribution in [0.25, 0.3) is 0 Å². The number of nitrogens with zero attached hydrogens (tertiary/aromatic N) is 5. The summed E-state index contributed by atoms with van der Waals surface area (Å²) in [7, 11) is 5.48. The van der Waals surface area contributed by atoms with Crippen molar-refractivity contribution in [3.05, 3.63) is 41.5 Å². The Bertz CT molecular complexity index is 970. The van der Waals surface area contributed by atoms with Crippen LogP contribution < -0.4 is 10.2 Å². The molecular formula is C27H42N6O3. The van der Waals surface area contributed by atoms with Crippen LogP contribution in [0, 0.1) is 0 Å². The largest absolute Gasteiger partial charge is 0.480 e. The number of pyridine rings is 1. The number of aliphatic carboxylic acids is 1. The number of hydrogen-bond acceptors (Lipinski definition) is 8. The number of fused-ring (bicyclic) bond motifs is 1. The molecule has 0 bridgehead atoms. The minimum Gasteiger partial charge on any atom is -0.480 e. The molecule has 1 aliphatic rings. The van der Waals surface area contributed by atoms with E-state index in [1.807, 2.05) is 25.9 Å². The summed E-state index contributed by atoms with van der Waals surface area (Å²) in [6.07, 6.45) is 9.83.